The summed E-state index contributed by atoms with van der Waals surface area (Å²) in [6, 6.07) is 1.98. The molecule has 0 radical (unpaired) electrons. The van der Waals surface area contributed by atoms with Crippen molar-refractivity contribution in [1.29, 1.82) is 0 Å². The molecule has 0 aliphatic heterocycles. The molecule has 1 heterocycles. The molecule has 0 N–H and O–H groups in total. The molecule has 0 amide bonds. The van der Waals surface area contributed by atoms with Crippen LogP contribution in [0.5, 0.6) is 0 Å². The van der Waals surface area contributed by atoms with Crippen LogP contribution in [0.15, 0.2) is 6.07 Å². The van der Waals surface area contributed by atoms with Crippen molar-refractivity contribution < 1.29 is 14.3 Å². The Bertz CT molecular complexity index is 424. The third kappa shape index (κ3) is 3.42. The second kappa shape index (κ2) is 6.14. The number of ether oxygens (including phenoxy) is 1. The van der Waals surface area contributed by atoms with Crippen molar-refractivity contribution in [3.05, 3.63) is 21.4 Å². The van der Waals surface area contributed by atoms with Crippen molar-refractivity contribution >= 4 is 23.1 Å². The van der Waals surface area contributed by atoms with Gasteiger partial charge in [0.2, 0.25) is 0 Å². The van der Waals surface area contributed by atoms with E-state index in [4.69, 9.17) is 4.74 Å². The van der Waals surface area contributed by atoms with Crippen molar-refractivity contribution in [2.24, 2.45) is 0 Å². The molecule has 1 aromatic rings. The molecular formula is C14H18O3S. The maximum atomic E-state index is 11.8. The van der Waals surface area contributed by atoms with Crippen molar-refractivity contribution in [2.45, 2.75) is 45.4 Å². The molecule has 4 heteroatoms. The summed E-state index contributed by atoms with van der Waals surface area (Å²) in [5.74, 6) is -0.101. The zero-order valence-corrected chi connectivity index (χ0v) is 11.5. The summed E-state index contributed by atoms with van der Waals surface area (Å²) < 4.78 is 5.18. The second-order valence-electron chi connectivity index (χ2n) is 4.71. The van der Waals surface area contributed by atoms with E-state index in [1.807, 2.05) is 6.07 Å². The zero-order valence-electron chi connectivity index (χ0n) is 10.7. The monoisotopic (exact) mass is 266 g/mol. The van der Waals surface area contributed by atoms with Gasteiger partial charge in [0.15, 0.2) is 0 Å². The highest BCUT2D eigenvalue weighted by atomic mass is 32.1. The van der Waals surface area contributed by atoms with Gasteiger partial charge >= 0.3 is 5.97 Å². The molecule has 1 aromatic heterocycles. The van der Waals surface area contributed by atoms with Crippen LogP contribution in [0.25, 0.3) is 0 Å². The lowest BCUT2D eigenvalue weighted by Gasteiger charge is -2.08. The smallest absolute Gasteiger partial charge is 0.348 e. The number of thiophene rings is 1. The Labute approximate surface area is 111 Å². The Kier molecular flexibility index (Phi) is 4.53. The van der Waals surface area contributed by atoms with E-state index in [0.717, 1.165) is 12.8 Å². The predicted octanol–water partition coefficient (Wildman–Crippen LogP) is 3.15. The van der Waals surface area contributed by atoms with Gasteiger partial charge in [-0.25, -0.2) is 4.79 Å². The topological polar surface area (TPSA) is 43.4 Å². The van der Waals surface area contributed by atoms with E-state index in [0.29, 0.717) is 24.3 Å². The van der Waals surface area contributed by atoms with Crippen molar-refractivity contribution in [3.63, 3.8) is 0 Å². The number of hydrogen-bond acceptors (Lipinski definition) is 4. The maximum Gasteiger partial charge on any atom is 0.348 e. The number of ketones is 1. The zero-order chi connectivity index (χ0) is 13.0. The lowest BCUT2D eigenvalue weighted by Crippen LogP contribution is -2.05. The fourth-order valence-electron chi connectivity index (χ4n) is 2.15. The lowest BCUT2D eigenvalue weighted by molar-refractivity contribution is -0.117. The molecule has 98 valence electrons. The SMILES string of the molecule is CC(=O)CCCOC(=O)c1cc2c(s1)CCCC2. The molecule has 1 aliphatic carbocycles. The summed E-state index contributed by atoms with van der Waals surface area (Å²) in [4.78, 5) is 24.6. The molecule has 3 nitrogen and oxygen atoms in total. The molecule has 0 bridgehead atoms. The van der Waals surface area contributed by atoms with Gasteiger partial charge in [0.25, 0.3) is 0 Å². The van der Waals surface area contributed by atoms with E-state index in [1.165, 1.54) is 23.3 Å². The predicted molar refractivity (Wildman–Crippen MR) is 71.2 cm³/mol. The number of fused-ring (bicyclic) bond motifs is 1. The molecule has 0 fully saturated rings. The maximum absolute atomic E-state index is 11.8. The van der Waals surface area contributed by atoms with Gasteiger partial charge in [-0.15, -0.1) is 11.3 Å². The van der Waals surface area contributed by atoms with E-state index < -0.39 is 0 Å². The standard InChI is InChI=1S/C14H18O3S/c1-10(15)5-4-8-17-14(16)13-9-11-6-2-3-7-12(11)18-13/h9H,2-8H2,1H3. The van der Waals surface area contributed by atoms with Crippen LogP contribution in [0, 0.1) is 0 Å². The molecule has 1 aliphatic rings. The van der Waals surface area contributed by atoms with Crippen molar-refractivity contribution in [2.75, 3.05) is 6.61 Å². The highest BCUT2D eigenvalue weighted by Crippen LogP contribution is 2.29. The Balaban J connectivity index is 1.85. The number of aryl methyl sites for hydroxylation is 2. The van der Waals surface area contributed by atoms with E-state index in [1.54, 1.807) is 18.3 Å². The van der Waals surface area contributed by atoms with E-state index in [9.17, 15) is 9.59 Å². The minimum absolute atomic E-state index is 0.137. The van der Waals surface area contributed by atoms with Crippen molar-refractivity contribution in [3.8, 4) is 0 Å². The largest absolute Gasteiger partial charge is 0.461 e. The first kappa shape index (κ1) is 13.3. The van der Waals surface area contributed by atoms with Crippen LogP contribution in [0.2, 0.25) is 0 Å². The summed E-state index contributed by atoms with van der Waals surface area (Å²) in [5.41, 5.74) is 1.32. The van der Waals surface area contributed by atoms with Crippen LogP contribution in [-0.2, 0) is 22.4 Å². The van der Waals surface area contributed by atoms with Crippen LogP contribution in [0.4, 0.5) is 0 Å². The van der Waals surface area contributed by atoms with Gasteiger partial charge in [0, 0.05) is 11.3 Å². The Morgan fingerprint density at radius 2 is 2.11 bits per heavy atom. The van der Waals surface area contributed by atoms with Crippen LogP contribution in [0.1, 0.15) is 52.7 Å². The minimum atomic E-state index is -0.238. The average Bonchev–Trinajstić information content (AvgIpc) is 2.78. The summed E-state index contributed by atoms with van der Waals surface area (Å²) in [5, 5.41) is 0. The fraction of sp³-hybridized carbons (Fsp3) is 0.571. The third-order valence-corrected chi connectivity index (χ3v) is 4.32. The second-order valence-corrected chi connectivity index (χ2v) is 5.84. The van der Waals surface area contributed by atoms with Gasteiger partial charge in [-0.05, 0) is 50.7 Å². The highest BCUT2D eigenvalue weighted by molar-refractivity contribution is 7.14. The Hall–Kier alpha value is -1.16. The molecule has 0 atom stereocenters. The number of carbonyl (C=O) groups is 2. The van der Waals surface area contributed by atoms with Gasteiger partial charge in [-0.1, -0.05) is 0 Å². The first-order valence-corrected chi connectivity index (χ1v) is 7.26. The lowest BCUT2D eigenvalue weighted by atomic mass is 9.99. The summed E-state index contributed by atoms with van der Waals surface area (Å²) in [6.45, 7) is 1.89. The molecule has 0 aromatic carbocycles. The number of hydrogen-bond donors (Lipinski definition) is 0. The summed E-state index contributed by atoms with van der Waals surface area (Å²) in [7, 11) is 0. The van der Waals surface area contributed by atoms with E-state index >= 15 is 0 Å². The number of esters is 1. The summed E-state index contributed by atoms with van der Waals surface area (Å²) in [6.07, 6.45) is 5.72. The van der Waals surface area contributed by atoms with Gasteiger partial charge in [-0.2, -0.15) is 0 Å². The highest BCUT2D eigenvalue weighted by Gasteiger charge is 2.17. The van der Waals surface area contributed by atoms with Crippen LogP contribution in [-0.4, -0.2) is 18.4 Å². The van der Waals surface area contributed by atoms with E-state index in [-0.39, 0.29) is 11.8 Å². The molecule has 18 heavy (non-hydrogen) atoms. The van der Waals surface area contributed by atoms with E-state index in [2.05, 4.69) is 0 Å². The normalized spacial score (nSPS) is 14.1. The van der Waals surface area contributed by atoms with Gasteiger partial charge in [0.1, 0.15) is 10.7 Å². The average molecular weight is 266 g/mol. The minimum Gasteiger partial charge on any atom is -0.461 e. The molecular weight excluding hydrogens is 248 g/mol. The molecule has 0 saturated carbocycles. The van der Waals surface area contributed by atoms with Crippen LogP contribution >= 0.6 is 11.3 Å². The Morgan fingerprint density at radius 3 is 2.83 bits per heavy atom. The first-order chi connectivity index (χ1) is 8.66. The molecule has 0 spiro atoms. The Morgan fingerprint density at radius 1 is 1.33 bits per heavy atom. The number of carbonyl (C=O) groups excluding carboxylic acids is 2. The van der Waals surface area contributed by atoms with Crippen LogP contribution in [0.3, 0.4) is 0 Å². The van der Waals surface area contributed by atoms with Crippen LogP contribution < -0.4 is 0 Å². The van der Waals surface area contributed by atoms with Gasteiger partial charge < -0.3 is 9.53 Å². The first-order valence-electron chi connectivity index (χ1n) is 6.45. The molecule has 2 rings (SSSR count). The quantitative estimate of drug-likeness (QED) is 0.607. The van der Waals surface area contributed by atoms with Crippen molar-refractivity contribution in [1.82, 2.24) is 0 Å². The van der Waals surface area contributed by atoms with Gasteiger partial charge in [0.05, 0.1) is 6.61 Å². The molecule has 0 saturated heterocycles. The summed E-state index contributed by atoms with van der Waals surface area (Å²) >= 11 is 1.57. The fourth-order valence-corrected chi connectivity index (χ4v) is 3.30. The van der Waals surface area contributed by atoms with Gasteiger partial charge in [-0.3, -0.25) is 0 Å². The number of Topliss-reactive ketones (excluding diaryl/α,β-unsaturated/α-hetero) is 1. The third-order valence-electron chi connectivity index (χ3n) is 3.10. The molecule has 0 unspecified atom stereocenters. The number of rotatable bonds is 5.